The minimum absolute atomic E-state index is 0.0906. The molecule has 0 atom stereocenters. The van der Waals surface area contributed by atoms with Crippen LogP contribution in [-0.2, 0) is 23.2 Å². The van der Waals surface area contributed by atoms with Crippen LogP contribution in [0, 0.1) is 0 Å². The first kappa shape index (κ1) is 29.5. The van der Waals surface area contributed by atoms with E-state index in [1.165, 1.54) is 5.56 Å². The standard InChI is InChI=1S/C37H39N5O/c38-36(41-35(43)26-14-13-18-30-16-5-1-6-17-30)39-27-15-25-34-28-42(29-40-34)37(31-19-7-2-8-20-31,32-21-9-3-10-22-32)33-23-11-4-12-24-33/h1-12,16-17,19-24,28-29H,13-15,18,25-27H2,(H3,38,39,41,43). The van der Waals surface area contributed by atoms with E-state index in [-0.39, 0.29) is 11.9 Å². The number of unbranched alkanes of at least 4 members (excludes halogenated alkanes) is 1. The van der Waals surface area contributed by atoms with E-state index in [0.29, 0.717) is 13.0 Å². The first-order valence-electron chi connectivity index (χ1n) is 15.0. The first-order chi connectivity index (χ1) is 21.2. The Morgan fingerprint density at radius 3 is 1.81 bits per heavy atom. The zero-order chi connectivity index (χ0) is 29.7. The Hall–Kier alpha value is -4.97. The third-order valence-electron chi connectivity index (χ3n) is 7.70. The predicted octanol–water partition coefficient (Wildman–Crippen LogP) is 6.50. The smallest absolute Gasteiger partial charge is 0.226 e. The van der Waals surface area contributed by atoms with Crippen molar-refractivity contribution in [3.63, 3.8) is 0 Å². The number of aromatic nitrogens is 2. The van der Waals surface area contributed by atoms with Crippen LogP contribution in [0.1, 0.15) is 53.6 Å². The third-order valence-corrected chi connectivity index (χ3v) is 7.70. The number of rotatable bonds is 13. The van der Waals surface area contributed by atoms with Crippen molar-refractivity contribution >= 4 is 11.9 Å². The number of aryl methyl sites for hydroxylation is 2. The highest BCUT2D eigenvalue weighted by Crippen LogP contribution is 2.40. The molecule has 0 aliphatic rings. The summed E-state index contributed by atoms with van der Waals surface area (Å²) in [5.74, 6) is 0.0852. The van der Waals surface area contributed by atoms with Crippen molar-refractivity contribution in [3.8, 4) is 0 Å². The van der Waals surface area contributed by atoms with Gasteiger partial charge in [-0.25, -0.2) is 4.98 Å². The molecule has 218 valence electrons. The number of carbonyl (C=O) groups excluding carboxylic acids is 1. The highest BCUT2D eigenvalue weighted by Gasteiger charge is 2.38. The van der Waals surface area contributed by atoms with E-state index in [0.717, 1.165) is 54.5 Å². The van der Waals surface area contributed by atoms with Crippen molar-refractivity contribution in [1.29, 1.82) is 0 Å². The molecule has 0 spiro atoms. The van der Waals surface area contributed by atoms with E-state index in [1.54, 1.807) is 0 Å². The summed E-state index contributed by atoms with van der Waals surface area (Å²) >= 11 is 0. The van der Waals surface area contributed by atoms with E-state index in [1.807, 2.05) is 42.7 Å². The Balaban J connectivity index is 1.22. The predicted molar refractivity (Wildman–Crippen MR) is 174 cm³/mol. The highest BCUT2D eigenvalue weighted by atomic mass is 16.1. The summed E-state index contributed by atoms with van der Waals surface area (Å²) in [6.45, 7) is 0.508. The fourth-order valence-corrected chi connectivity index (χ4v) is 5.63. The summed E-state index contributed by atoms with van der Waals surface area (Å²) in [6, 6.07) is 42.0. The van der Waals surface area contributed by atoms with Gasteiger partial charge in [-0.05, 0) is 54.4 Å². The van der Waals surface area contributed by atoms with Crippen molar-refractivity contribution in [2.45, 2.75) is 44.1 Å². The molecule has 1 aromatic heterocycles. The van der Waals surface area contributed by atoms with E-state index >= 15 is 0 Å². The molecular weight excluding hydrogens is 530 g/mol. The minimum atomic E-state index is -0.580. The summed E-state index contributed by atoms with van der Waals surface area (Å²) in [7, 11) is 0. The molecule has 0 unspecified atom stereocenters. The molecular formula is C37H39N5O. The highest BCUT2D eigenvalue weighted by molar-refractivity contribution is 5.96. The summed E-state index contributed by atoms with van der Waals surface area (Å²) in [5, 5.41) is 2.72. The molecule has 43 heavy (non-hydrogen) atoms. The molecule has 0 bridgehead atoms. The molecule has 4 aromatic carbocycles. The van der Waals surface area contributed by atoms with Crippen molar-refractivity contribution in [1.82, 2.24) is 14.9 Å². The molecule has 0 saturated carbocycles. The summed E-state index contributed by atoms with van der Waals surface area (Å²) in [5.41, 5.74) is 11.2. The Labute approximate surface area is 254 Å². The quantitative estimate of drug-likeness (QED) is 0.0735. The topological polar surface area (TPSA) is 85.3 Å². The van der Waals surface area contributed by atoms with E-state index < -0.39 is 5.54 Å². The van der Waals surface area contributed by atoms with Crippen LogP contribution in [0.3, 0.4) is 0 Å². The fraction of sp³-hybridized carbons (Fsp3) is 0.216. The second-order valence-electron chi connectivity index (χ2n) is 10.7. The van der Waals surface area contributed by atoms with Crippen LogP contribution in [0.15, 0.2) is 139 Å². The number of hydrogen-bond donors (Lipinski definition) is 2. The number of aliphatic imine (C=N–C) groups is 1. The number of amides is 1. The van der Waals surface area contributed by atoms with Gasteiger partial charge < -0.3 is 10.3 Å². The molecule has 6 heteroatoms. The van der Waals surface area contributed by atoms with Gasteiger partial charge in [-0.2, -0.15) is 0 Å². The van der Waals surface area contributed by atoms with Gasteiger partial charge in [-0.1, -0.05) is 121 Å². The van der Waals surface area contributed by atoms with Gasteiger partial charge in [0.1, 0.15) is 5.54 Å². The lowest BCUT2D eigenvalue weighted by Gasteiger charge is -2.37. The van der Waals surface area contributed by atoms with Crippen molar-refractivity contribution in [3.05, 3.63) is 162 Å². The van der Waals surface area contributed by atoms with Crippen molar-refractivity contribution in [2.75, 3.05) is 6.54 Å². The summed E-state index contributed by atoms with van der Waals surface area (Å²) in [6.07, 6.45) is 8.75. The van der Waals surface area contributed by atoms with Crippen LogP contribution in [0.5, 0.6) is 0 Å². The summed E-state index contributed by atoms with van der Waals surface area (Å²) < 4.78 is 2.22. The Bertz CT molecular complexity index is 1490. The fourth-order valence-electron chi connectivity index (χ4n) is 5.63. The Morgan fingerprint density at radius 1 is 0.721 bits per heavy atom. The average Bonchev–Trinajstić information content (AvgIpc) is 3.53. The van der Waals surface area contributed by atoms with E-state index in [9.17, 15) is 4.79 Å². The molecule has 5 rings (SSSR count). The lowest BCUT2D eigenvalue weighted by molar-refractivity contribution is -0.119. The number of imidazole rings is 1. The molecule has 0 aliphatic heterocycles. The number of hydrogen-bond acceptors (Lipinski definition) is 3. The third kappa shape index (κ3) is 7.46. The van der Waals surface area contributed by atoms with Crippen molar-refractivity contribution < 1.29 is 4.79 Å². The van der Waals surface area contributed by atoms with Crippen LogP contribution in [0.2, 0.25) is 0 Å². The molecule has 0 fully saturated rings. The SMILES string of the molecule is NC(=NCCCc1cn(C(c2ccccc2)(c2ccccc2)c2ccccc2)cn1)NC(=O)CCCCc1ccccc1. The van der Waals surface area contributed by atoms with Gasteiger partial charge in [0.05, 0.1) is 12.0 Å². The maximum absolute atomic E-state index is 12.3. The summed E-state index contributed by atoms with van der Waals surface area (Å²) in [4.78, 5) is 21.5. The van der Waals surface area contributed by atoms with E-state index in [4.69, 9.17) is 10.7 Å². The number of benzene rings is 4. The van der Waals surface area contributed by atoms with Gasteiger partial charge in [0, 0.05) is 19.2 Å². The number of nitrogens with zero attached hydrogens (tertiary/aromatic N) is 3. The van der Waals surface area contributed by atoms with Gasteiger partial charge in [-0.3, -0.25) is 15.1 Å². The lowest BCUT2D eigenvalue weighted by Crippen LogP contribution is -2.37. The minimum Gasteiger partial charge on any atom is -0.370 e. The van der Waals surface area contributed by atoms with Crippen LogP contribution < -0.4 is 11.1 Å². The first-order valence-corrected chi connectivity index (χ1v) is 15.0. The van der Waals surface area contributed by atoms with Gasteiger partial charge >= 0.3 is 0 Å². The molecule has 1 amide bonds. The monoisotopic (exact) mass is 569 g/mol. The molecule has 6 nitrogen and oxygen atoms in total. The normalized spacial score (nSPS) is 11.8. The molecule has 0 aliphatic carbocycles. The molecule has 0 saturated heterocycles. The zero-order valence-corrected chi connectivity index (χ0v) is 24.5. The van der Waals surface area contributed by atoms with Gasteiger partial charge in [0.15, 0.2) is 5.96 Å². The van der Waals surface area contributed by atoms with Crippen LogP contribution >= 0.6 is 0 Å². The van der Waals surface area contributed by atoms with Crippen LogP contribution in [0.25, 0.3) is 0 Å². The molecule has 1 heterocycles. The maximum Gasteiger partial charge on any atom is 0.226 e. The Morgan fingerprint density at radius 2 is 1.26 bits per heavy atom. The van der Waals surface area contributed by atoms with Gasteiger partial charge in [0.2, 0.25) is 5.91 Å². The Kier molecular flexibility index (Phi) is 10.1. The maximum atomic E-state index is 12.3. The van der Waals surface area contributed by atoms with Crippen LogP contribution in [0.4, 0.5) is 0 Å². The number of nitrogens with two attached hydrogens (primary N) is 1. The average molecular weight is 570 g/mol. The van der Waals surface area contributed by atoms with Crippen molar-refractivity contribution in [2.24, 2.45) is 10.7 Å². The molecule has 3 N–H and O–H groups in total. The second kappa shape index (κ2) is 14.8. The molecule has 5 aromatic rings. The van der Waals surface area contributed by atoms with E-state index in [2.05, 4.69) is 106 Å². The number of carbonyl (C=O) groups is 1. The number of nitrogens with one attached hydrogen (secondary N) is 1. The number of guanidine groups is 1. The molecule has 0 radical (unpaired) electrons. The second-order valence-corrected chi connectivity index (χ2v) is 10.7. The van der Waals surface area contributed by atoms with Gasteiger partial charge in [0.25, 0.3) is 0 Å². The van der Waals surface area contributed by atoms with Gasteiger partial charge in [-0.15, -0.1) is 0 Å². The lowest BCUT2D eigenvalue weighted by atomic mass is 9.77. The largest absolute Gasteiger partial charge is 0.370 e. The zero-order valence-electron chi connectivity index (χ0n) is 24.5. The van der Waals surface area contributed by atoms with Crippen LogP contribution in [-0.4, -0.2) is 28.0 Å².